The van der Waals surface area contributed by atoms with E-state index in [1.807, 2.05) is 12.1 Å². The molecule has 7 heteroatoms. The molecule has 0 atom stereocenters. The van der Waals surface area contributed by atoms with E-state index in [0.29, 0.717) is 17.7 Å². The standard InChI is InChI=1S/C19H22N6O/c20-15-16-4-1-5-17(14-16)18(26)21-8-3-9-24-10-12-25(13-11-24)19-22-6-2-7-23-19/h1-2,4-7,14H,3,8-13H2,(H,21,26). The highest BCUT2D eigenvalue weighted by Crippen LogP contribution is 2.09. The van der Waals surface area contributed by atoms with Gasteiger partial charge in [0.15, 0.2) is 0 Å². The Balaban J connectivity index is 1.36. The Kier molecular flexibility index (Phi) is 6.12. The molecule has 1 aromatic heterocycles. The third-order valence-corrected chi connectivity index (χ3v) is 4.40. The summed E-state index contributed by atoms with van der Waals surface area (Å²) in [5.41, 5.74) is 1.03. The van der Waals surface area contributed by atoms with Crippen molar-refractivity contribution < 1.29 is 4.79 Å². The van der Waals surface area contributed by atoms with Crippen LogP contribution >= 0.6 is 0 Å². The highest BCUT2D eigenvalue weighted by molar-refractivity contribution is 5.94. The van der Waals surface area contributed by atoms with Gasteiger partial charge in [-0.25, -0.2) is 9.97 Å². The molecular formula is C19H22N6O. The molecule has 1 aliphatic heterocycles. The lowest BCUT2D eigenvalue weighted by Crippen LogP contribution is -2.47. The molecule has 0 aliphatic carbocycles. The van der Waals surface area contributed by atoms with E-state index in [4.69, 9.17) is 5.26 Å². The molecule has 0 saturated carbocycles. The minimum Gasteiger partial charge on any atom is -0.352 e. The van der Waals surface area contributed by atoms with Gasteiger partial charge in [-0.1, -0.05) is 6.07 Å². The quantitative estimate of drug-likeness (QED) is 0.790. The highest BCUT2D eigenvalue weighted by atomic mass is 16.1. The molecule has 1 saturated heterocycles. The molecule has 0 bridgehead atoms. The molecule has 7 nitrogen and oxygen atoms in total. The van der Waals surface area contributed by atoms with E-state index in [1.54, 1.807) is 36.7 Å². The molecule has 2 heterocycles. The van der Waals surface area contributed by atoms with Crippen molar-refractivity contribution in [2.45, 2.75) is 6.42 Å². The Labute approximate surface area is 153 Å². The van der Waals surface area contributed by atoms with Crippen LogP contribution in [0.2, 0.25) is 0 Å². The second kappa shape index (κ2) is 8.92. The van der Waals surface area contributed by atoms with E-state index in [2.05, 4.69) is 25.1 Å². The fourth-order valence-electron chi connectivity index (χ4n) is 2.96. The summed E-state index contributed by atoms with van der Waals surface area (Å²) in [4.78, 5) is 25.3. The van der Waals surface area contributed by atoms with Crippen LogP contribution < -0.4 is 10.2 Å². The van der Waals surface area contributed by atoms with Crippen LogP contribution in [0.5, 0.6) is 0 Å². The number of nitrogens with one attached hydrogen (secondary N) is 1. The first-order valence-electron chi connectivity index (χ1n) is 8.79. The van der Waals surface area contributed by atoms with Crippen molar-refractivity contribution in [1.82, 2.24) is 20.2 Å². The third kappa shape index (κ3) is 4.77. The Morgan fingerprint density at radius 1 is 1.15 bits per heavy atom. The van der Waals surface area contributed by atoms with Crippen LogP contribution in [-0.2, 0) is 0 Å². The second-order valence-electron chi connectivity index (χ2n) is 6.18. The summed E-state index contributed by atoms with van der Waals surface area (Å²) in [6, 6.07) is 10.6. The summed E-state index contributed by atoms with van der Waals surface area (Å²) in [7, 11) is 0. The monoisotopic (exact) mass is 350 g/mol. The number of piperazine rings is 1. The maximum absolute atomic E-state index is 12.1. The molecule has 26 heavy (non-hydrogen) atoms. The van der Waals surface area contributed by atoms with Crippen molar-refractivity contribution in [2.75, 3.05) is 44.2 Å². The number of aromatic nitrogens is 2. The van der Waals surface area contributed by atoms with Crippen molar-refractivity contribution in [2.24, 2.45) is 0 Å². The Morgan fingerprint density at radius 3 is 2.65 bits per heavy atom. The van der Waals surface area contributed by atoms with Crippen LogP contribution in [0.4, 0.5) is 5.95 Å². The molecule has 3 rings (SSSR count). The summed E-state index contributed by atoms with van der Waals surface area (Å²) in [6.45, 7) is 5.33. The zero-order chi connectivity index (χ0) is 18.2. The minimum absolute atomic E-state index is 0.131. The SMILES string of the molecule is N#Cc1cccc(C(=O)NCCCN2CCN(c3ncccn3)CC2)c1. The third-order valence-electron chi connectivity index (χ3n) is 4.40. The Morgan fingerprint density at radius 2 is 1.92 bits per heavy atom. The number of hydrogen-bond donors (Lipinski definition) is 1. The summed E-state index contributed by atoms with van der Waals surface area (Å²) in [5.74, 6) is 0.659. The molecule has 1 aliphatic rings. The number of rotatable bonds is 6. The van der Waals surface area contributed by atoms with E-state index in [-0.39, 0.29) is 5.91 Å². The molecule has 1 aromatic carbocycles. The van der Waals surface area contributed by atoms with Crippen molar-refractivity contribution in [3.05, 3.63) is 53.9 Å². The van der Waals surface area contributed by atoms with Crippen LogP contribution in [-0.4, -0.2) is 60.0 Å². The topological polar surface area (TPSA) is 85.2 Å². The van der Waals surface area contributed by atoms with Gasteiger partial charge in [0.1, 0.15) is 0 Å². The van der Waals surface area contributed by atoms with Crippen molar-refractivity contribution in [3.63, 3.8) is 0 Å². The lowest BCUT2D eigenvalue weighted by Gasteiger charge is -2.34. The van der Waals surface area contributed by atoms with Gasteiger partial charge in [-0.3, -0.25) is 9.69 Å². The first kappa shape index (κ1) is 17.8. The van der Waals surface area contributed by atoms with E-state index >= 15 is 0 Å². The summed E-state index contributed by atoms with van der Waals surface area (Å²) in [6.07, 6.45) is 4.43. The van der Waals surface area contributed by atoms with E-state index in [0.717, 1.165) is 45.1 Å². The smallest absolute Gasteiger partial charge is 0.251 e. The maximum atomic E-state index is 12.1. The first-order valence-corrected chi connectivity index (χ1v) is 8.79. The van der Waals surface area contributed by atoms with Gasteiger partial charge < -0.3 is 10.2 Å². The lowest BCUT2D eigenvalue weighted by atomic mass is 10.1. The maximum Gasteiger partial charge on any atom is 0.251 e. The Bertz CT molecular complexity index is 765. The van der Waals surface area contributed by atoms with Crippen LogP contribution in [0, 0.1) is 11.3 Å². The van der Waals surface area contributed by atoms with Crippen molar-refractivity contribution in [3.8, 4) is 6.07 Å². The van der Waals surface area contributed by atoms with Gasteiger partial charge in [0.2, 0.25) is 5.95 Å². The van der Waals surface area contributed by atoms with Gasteiger partial charge in [0.05, 0.1) is 11.6 Å². The average Bonchev–Trinajstić information content (AvgIpc) is 2.72. The first-order chi connectivity index (χ1) is 12.8. The summed E-state index contributed by atoms with van der Waals surface area (Å²) >= 11 is 0. The molecule has 1 amide bonds. The van der Waals surface area contributed by atoms with Gasteiger partial charge >= 0.3 is 0 Å². The van der Waals surface area contributed by atoms with Crippen molar-refractivity contribution >= 4 is 11.9 Å². The molecular weight excluding hydrogens is 328 g/mol. The number of carbonyl (C=O) groups is 1. The predicted molar refractivity (Wildman–Crippen MR) is 98.8 cm³/mol. The molecule has 1 N–H and O–H groups in total. The number of carbonyl (C=O) groups excluding carboxylic acids is 1. The normalized spacial score (nSPS) is 14.7. The fourth-order valence-corrected chi connectivity index (χ4v) is 2.96. The zero-order valence-corrected chi connectivity index (χ0v) is 14.6. The van der Waals surface area contributed by atoms with Gasteiger partial charge in [-0.05, 0) is 37.2 Å². The molecule has 0 unspecified atom stereocenters. The number of amides is 1. The largest absolute Gasteiger partial charge is 0.352 e. The summed E-state index contributed by atoms with van der Waals surface area (Å²) in [5, 5.41) is 11.8. The number of hydrogen-bond acceptors (Lipinski definition) is 6. The van der Waals surface area contributed by atoms with Crippen LogP contribution in [0.25, 0.3) is 0 Å². The van der Waals surface area contributed by atoms with Gasteiger partial charge in [-0.15, -0.1) is 0 Å². The van der Waals surface area contributed by atoms with Gasteiger partial charge in [-0.2, -0.15) is 5.26 Å². The van der Waals surface area contributed by atoms with Gasteiger partial charge in [0.25, 0.3) is 5.91 Å². The zero-order valence-electron chi connectivity index (χ0n) is 14.6. The van der Waals surface area contributed by atoms with Crippen LogP contribution in [0.15, 0.2) is 42.7 Å². The van der Waals surface area contributed by atoms with Crippen LogP contribution in [0.3, 0.4) is 0 Å². The van der Waals surface area contributed by atoms with E-state index in [9.17, 15) is 4.79 Å². The Hall–Kier alpha value is -2.98. The lowest BCUT2D eigenvalue weighted by molar-refractivity contribution is 0.0951. The van der Waals surface area contributed by atoms with Crippen LogP contribution in [0.1, 0.15) is 22.3 Å². The average molecular weight is 350 g/mol. The number of benzene rings is 1. The molecule has 0 spiro atoms. The van der Waals surface area contributed by atoms with Crippen molar-refractivity contribution in [1.29, 1.82) is 5.26 Å². The molecule has 0 radical (unpaired) electrons. The van der Waals surface area contributed by atoms with Gasteiger partial charge in [0, 0.05) is 50.7 Å². The fraction of sp³-hybridized carbons (Fsp3) is 0.368. The number of anilines is 1. The minimum atomic E-state index is -0.131. The second-order valence-corrected chi connectivity index (χ2v) is 6.18. The number of nitriles is 1. The predicted octanol–water partition coefficient (Wildman–Crippen LogP) is 1.29. The van der Waals surface area contributed by atoms with E-state index < -0.39 is 0 Å². The molecule has 134 valence electrons. The highest BCUT2D eigenvalue weighted by Gasteiger charge is 2.18. The molecule has 2 aromatic rings. The number of nitrogens with zero attached hydrogens (tertiary/aromatic N) is 5. The van der Waals surface area contributed by atoms with E-state index in [1.165, 1.54) is 0 Å². The molecule has 1 fully saturated rings. The summed E-state index contributed by atoms with van der Waals surface area (Å²) < 4.78 is 0.